The molecule has 0 fully saturated rings. The standard InChI is InChI=1S/C15H28N4O7S/c1-7(20)11(14(25)17-6-10(22)23)19-15(26)12(8(2)21)18-13(24)9(16)4-5-27-3/h7-9,11-12,20-21H,4-6,16H2,1-3H3,(H,17,25)(H,18,24)(H,19,26)(H,22,23). The Balaban J connectivity index is 5.04. The van der Waals surface area contributed by atoms with E-state index in [0.717, 1.165) is 0 Å². The van der Waals surface area contributed by atoms with Crippen molar-refractivity contribution >= 4 is 35.5 Å². The molecule has 12 heteroatoms. The Morgan fingerprint density at radius 1 is 0.963 bits per heavy atom. The Morgan fingerprint density at radius 2 is 1.44 bits per heavy atom. The van der Waals surface area contributed by atoms with Crippen molar-refractivity contribution in [1.29, 1.82) is 0 Å². The Hall–Kier alpha value is -1.89. The molecule has 8 N–H and O–H groups in total. The van der Waals surface area contributed by atoms with Gasteiger partial charge in [0, 0.05) is 0 Å². The minimum absolute atomic E-state index is 0.370. The Labute approximate surface area is 161 Å². The molecule has 0 rings (SSSR count). The number of carboxylic acid groups (broad SMARTS) is 1. The topological polar surface area (TPSA) is 191 Å². The van der Waals surface area contributed by atoms with Gasteiger partial charge in [-0.1, -0.05) is 0 Å². The Kier molecular flexibility index (Phi) is 11.6. The summed E-state index contributed by atoms with van der Waals surface area (Å²) in [5, 5.41) is 34.6. The van der Waals surface area contributed by atoms with Gasteiger partial charge in [0.15, 0.2) is 0 Å². The van der Waals surface area contributed by atoms with E-state index >= 15 is 0 Å². The predicted molar refractivity (Wildman–Crippen MR) is 98.8 cm³/mol. The molecule has 5 atom stereocenters. The van der Waals surface area contributed by atoms with Crippen LogP contribution in [0.15, 0.2) is 0 Å². The molecule has 27 heavy (non-hydrogen) atoms. The van der Waals surface area contributed by atoms with Crippen molar-refractivity contribution in [3.8, 4) is 0 Å². The summed E-state index contributed by atoms with van der Waals surface area (Å²) in [6.45, 7) is 1.79. The first kappa shape index (κ1) is 25.1. The van der Waals surface area contributed by atoms with Crippen LogP contribution in [-0.4, -0.2) is 87.9 Å². The molecule has 0 saturated heterocycles. The number of hydrogen-bond acceptors (Lipinski definition) is 8. The van der Waals surface area contributed by atoms with E-state index in [2.05, 4.69) is 10.6 Å². The number of carbonyl (C=O) groups is 4. The maximum absolute atomic E-state index is 12.4. The second-order valence-corrected chi connectivity index (χ2v) is 6.94. The van der Waals surface area contributed by atoms with E-state index in [1.165, 1.54) is 25.6 Å². The smallest absolute Gasteiger partial charge is 0.322 e. The molecule has 0 radical (unpaired) electrons. The van der Waals surface area contributed by atoms with Gasteiger partial charge in [-0.3, -0.25) is 19.2 Å². The van der Waals surface area contributed by atoms with Crippen LogP contribution in [0, 0.1) is 0 Å². The lowest BCUT2D eigenvalue weighted by molar-refractivity contribution is -0.139. The van der Waals surface area contributed by atoms with Crippen LogP contribution in [0.5, 0.6) is 0 Å². The SMILES string of the molecule is CSCCC(N)C(=O)NC(C(=O)NC(C(=O)NCC(=O)O)C(C)O)C(C)O. The van der Waals surface area contributed by atoms with E-state index in [0.29, 0.717) is 12.2 Å². The normalized spacial score (nSPS) is 16.4. The van der Waals surface area contributed by atoms with Crippen LogP contribution < -0.4 is 21.7 Å². The molecule has 5 unspecified atom stereocenters. The second kappa shape index (κ2) is 12.5. The quantitative estimate of drug-likeness (QED) is 0.176. The molecule has 0 heterocycles. The third-order valence-electron chi connectivity index (χ3n) is 3.51. The van der Waals surface area contributed by atoms with Gasteiger partial charge in [-0.25, -0.2) is 0 Å². The number of hydrogen-bond donors (Lipinski definition) is 7. The summed E-state index contributed by atoms with van der Waals surface area (Å²) < 4.78 is 0. The number of nitrogens with one attached hydrogen (secondary N) is 3. The summed E-state index contributed by atoms with van der Waals surface area (Å²) >= 11 is 1.50. The molecule has 3 amide bonds. The fourth-order valence-electron chi connectivity index (χ4n) is 1.96. The zero-order chi connectivity index (χ0) is 21.1. The molecular weight excluding hydrogens is 380 g/mol. The summed E-state index contributed by atoms with van der Waals surface area (Å²) in [6.07, 6.45) is -0.438. The summed E-state index contributed by atoms with van der Waals surface area (Å²) in [7, 11) is 0. The van der Waals surface area contributed by atoms with Crippen LogP contribution in [0.25, 0.3) is 0 Å². The highest BCUT2D eigenvalue weighted by Gasteiger charge is 2.32. The molecule has 0 aliphatic carbocycles. The van der Waals surface area contributed by atoms with Crippen LogP contribution in [0.3, 0.4) is 0 Å². The second-order valence-electron chi connectivity index (χ2n) is 5.95. The van der Waals surface area contributed by atoms with Gasteiger partial charge >= 0.3 is 5.97 Å². The van der Waals surface area contributed by atoms with Crippen LogP contribution in [0.2, 0.25) is 0 Å². The van der Waals surface area contributed by atoms with Crippen LogP contribution in [0.4, 0.5) is 0 Å². The molecular formula is C15H28N4O7S. The number of nitrogens with two attached hydrogens (primary N) is 1. The van der Waals surface area contributed by atoms with E-state index in [9.17, 15) is 29.4 Å². The van der Waals surface area contributed by atoms with Crippen molar-refractivity contribution in [1.82, 2.24) is 16.0 Å². The third-order valence-corrected chi connectivity index (χ3v) is 4.15. The van der Waals surface area contributed by atoms with Gasteiger partial charge in [0.25, 0.3) is 0 Å². The number of carbonyl (C=O) groups excluding carboxylic acids is 3. The number of aliphatic carboxylic acids is 1. The number of amides is 3. The summed E-state index contributed by atoms with van der Waals surface area (Å²) in [5.74, 6) is -3.16. The molecule has 0 aliphatic rings. The van der Waals surface area contributed by atoms with Gasteiger partial charge in [0.1, 0.15) is 18.6 Å². The van der Waals surface area contributed by atoms with E-state index in [1.54, 1.807) is 0 Å². The van der Waals surface area contributed by atoms with Gasteiger partial charge in [0.2, 0.25) is 17.7 Å². The largest absolute Gasteiger partial charge is 0.480 e. The third kappa shape index (κ3) is 9.56. The molecule has 0 spiro atoms. The maximum Gasteiger partial charge on any atom is 0.322 e. The fourth-order valence-corrected chi connectivity index (χ4v) is 2.45. The monoisotopic (exact) mass is 408 g/mol. The molecule has 0 aromatic rings. The Morgan fingerprint density at radius 3 is 1.89 bits per heavy atom. The lowest BCUT2D eigenvalue weighted by Crippen LogP contribution is -2.61. The highest BCUT2D eigenvalue weighted by atomic mass is 32.2. The molecule has 0 aromatic carbocycles. The maximum atomic E-state index is 12.4. The molecule has 11 nitrogen and oxygen atoms in total. The van der Waals surface area contributed by atoms with Crippen molar-refractivity contribution < 1.29 is 34.5 Å². The van der Waals surface area contributed by atoms with E-state index in [4.69, 9.17) is 10.8 Å². The summed E-state index contributed by atoms with van der Waals surface area (Å²) in [5.41, 5.74) is 5.72. The minimum atomic E-state index is -1.47. The molecule has 0 aromatic heterocycles. The highest BCUT2D eigenvalue weighted by Crippen LogP contribution is 2.02. The number of aliphatic hydroxyl groups is 2. The van der Waals surface area contributed by atoms with Gasteiger partial charge < -0.3 is 37.0 Å². The van der Waals surface area contributed by atoms with Gasteiger partial charge in [-0.05, 0) is 32.3 Å². The average molecular weight is 408 g/mol. The van der Waals surface area contributed by atoms with Crippen LogP contribution in [0.1, 0.15) is 20.3 Å². The summed E-state index contributed by atoms with van der Waals surface area (Å²) in [4.78, 5) is 46.9. The first-order valence-corrected chi connectivity index (χ1v) is 9.61. The zero-order valence-electron chi connectivity index (χ0n) is 15.5. The summed E-state index contributed by atoms with van der Waals surface area (Å²) in [6, 6.07) is -3.76. The molecule has 0 bridgehead atoms. The average Bonchev–Trinajstić information content (AvgIpc) is 2.58. The number of thioether (sulfide) groups is 1. The fraction of sp³-hybridized carbons (Fsp3) is 0.733. The van der Waals surface area contributed by atoms with Gasteiger partial charge in [-0.15, -0.1) is 0 Å². The van der Waals surface area contributed by atoms with Crippen LogP contribution in [-0.2, 0) is 19.2 Å². The van der Waals surface area contributed by atoms with E-state index in [-0.39, 0.29) is 0 Å². The Bertz CT molecular complexity index is 530. The van der Waals surface area contributed by atoms with Crippen molar-refractivity contribution in [2.45, 2.75) is 50.6 Å². The molecule has 0 saturated carbocycles. The zero-order valence-corrected chi connectivity index (χ0v) is 16.3. The number of aliphatic hydroxyl groups excluding tert-OH is 2. The number of rotatable bonds is 12. The van der Waals surface area contributed by atoms with E-state index < -0.39 is 60.6 Å². The predicted octanol–water partition coefficient (Wildman–Crippen LogP) is -3.00. The van der Waals surface area contributed by atoms with E-state index in [1.807, 2.05) is 11.6 Å². The van der Waals surface area contributed by atoms with Crippen molar-refractivity contribution in [3.05, 3.63) is 0 Å². The molecule has 156 valence electrons. The van der Waals surface area contributed by atoms with Gasteiger partial charge in [-0.2, -0.15) is 11.8 Å². The first-order chi connectivity index (χ1) is 12.5. The lowest BCUT2D eigenvalue weighted by atomic mass is 10.1. The van der Waals surface area contributed by atoms with Crippen LogP contribution >= 0.6 is 11.8 Å². The van der Waals surface area contributed by atoms with Gasteiger partial charge in [0.05, 0.1) is 18.2 Å². The van der Waals surface area contributed by atoms with Crippen molar-refractivity contribution in [3.63, 3.8) is 0 Å². The number of carboxylic acids is 1. The molecule has 0 aliphatic heterocycles. The van der Waals surface area contributed by atoms with Crippen molar-refractivity contribution in [2.75, 3.05) is 18.6 Å². The minimum Gasteiger partial charge on any atom is -0.480 e. The van der Waals surface area contributed by atoms with Crippen molar-refractivity contribution in [2.24, 2.45) is 5.73 Å². The lowest BCUT2D eigenvalue weighted by Gasteiger charge is -2.26. The highest BCUT2D eigenvalue weighted by molar-refractivity contribution is 7.98. The first-order valence-electron chi connectivity index (χ1n) is 8.22.